The number of hydrogen-bond acceptors (Lipinski definition) is 7. The molecule has 0 spiro atoms. The van der Waals surface area contributed by atoms with Crippen molar-refractivity contribution in [1.29, 1.82) is 0 Å². The molecule has 0 fully saturated rings. The summed E-state index contributed by atoms with van der Waals surface area (Å²) in [5.41, 5.74) is -0.123. The highest BCUT2D eigenvalue weighted by Crippen LogP contribution is 2.41. The maximum Gasteiger partial charge on any atom is 0.407 e. The van der Waals surface area contributed by atoms with E-state index in [1.54, 1.807) is 17.2 Å². The topological polar surface area (TPSA) is 159 Å². The lowest BCUT2D eigenvalue weighted by atomic mass is 9.83. The number of carboxylic acid groups (broad SMARTS) is 1. The van der Waals surface area contributed by atoms with Crippen molar-refractivity contribution in [1.82, 2.24) is 25.4 Å². The number of rotatable bonds is 25. The van der Waals surface area contributed by atoms with Crippen LogP contribution in [0.1, 0.15) is 57.3 Å². The van der Waals surface area contributed by atoms with Crippen LogP contribution in [-0.2, 0) is 30.5 Å². The molecule has 0 aliphatic heterocycles. The molecule has 1 heterocycles. The summed E-state index contributed by atoms with van der Waals surface area (Å²) in [7, 11) is -3.16. The van der Waals surface area contributed by atoms with Gasteiger partial charge in [-0.2, -0.15) is 11.8 Å². The molecule has 3 rings (SSSR count). The number of alkyl carbamates (subject to hydrolysis) is 1. The molecule has 2 aromatic carbocycles. The largest absolute Gasteiger partial charge is 0.479 e. The fourth-order valence-electron chi connectivity index (χ4n) is 7.00. The summed E-state index contributed by atoms with van der Waals surface area (Å²) in [5.74, 6) is -3.42. The standard InChI is InChI=1S/C46H68BrF2N5O7SSi2/c1-45(2,3)42(38-26-34(36-27-35(48)16-17-37(36)49)30-53(38)29-33-14-11-10-12-15-33)54(21-13-20-50-44(60)61-22-25-64(7,8)9)41(57)31-62-23-18-39(55)52-46(43(58)59,19-24-63(4,5)6)32-51-40(56)28-47/h10-12,14-17,26-27,30,42H,13,18-25,28-29,31-32H2,1-9H3,(H,50,60)(H,51,56)(H,52,55)(H,58,59)/t42-,46+/m0/s1. The van der Waals surface area contributed by atoms with E-state index in [0.717, 1.165) is 29.8 Å². The fraction of sp³-hybridized carbons (Fsp3) is 0.543. The summed E-state index contributed by atoms with van der Waals surface area (Å²) in [6, 6.07) is 15.6. The number of carbonyl (C=O) groups excluding carboxylic acids is 4. The quantitative estimate of drug-likeness (QED) is 0.0372. The number of alkyl halides is 1. The number of thioether (sulfide) groups is 1. The van der Waals surface area contributed by atoms with E-state index in [-0.39, 0.29) is 60.8 Å². The van der Waals surface area contributed by atoms with Gasteiger partial charge in [-0.1, -0.05) is 112 Å². The number of aliphatic carboxylic acids is 1. The van der Waals surface area contributed by atoms with Crippen LogP contribution in [0.15, 0.2) is 60.8 Å². The van der Waals surface area contributed by atoms with E-state index in [1.807, 2.05) is 55.7 Å². The number of carbonyl (C=O) groups is 5. The third-order valence-corrected chi connectivity index (χ3v) is 15.4. The molecule has 4 amide bonds. The monoisotopic (exact) mass is 1010 g/mol. The molecule has 0 unspecified atom stereocenters. The number of ether oxygens (including phenoxy) is 1. The first-order chi connectivity index (χ1) is 29.8. The Morgan fingerprint density at radius 1 is 0.922 bits per heavy atom. The van der Waals surface area contributed by atoms with Crippen LogP contribution in [0.3, 0.4) is 0 Å². The van der Waals surface area contributed by atoms with Crippen molar-refractivity contribution in [2.45, 2.75) is 110 Å². The van der Waals surface area contributed by atoms with Crippen molar-refractivity contribution in [3.63, 3.8) is 0 Å². The Labute approximate surface area is 392 Å². The second-order valence-corrected chi connectivity index (χ2v) is 32.6. The molecule has 1 aromatic heterocycles. The van der Waals surface area contributed by atoms with Crippen molar-refractivity contribution in [2.75, 3.05) is 43.1 Å². The normalized spacial score (nSPS) is 13.4. The number of nitrogens with one attached hydrogen (secondary N) is 3. The number of halogens is 3. The van der Waals surface area contributed by atoms with Gasteiger partial charge in [-0.05, 0) is 54.1 Å². The Morgan fingerprint density at radius 2 is 1.59 bits per heavy atom. The lowest BCUT2D eigenvalue weighted by Crippen LogP contribution is -2.61. The van der Waals surface area contributed by atoms with Gasteiger partial charge in [0.25, 0.3) is 0 Å². The van der Waals surface area contributed by atoms with Crippen LogP contribution in [0.25, 0.3) is 11.1 Å². The van der Waals surface area contributed by atoms with E-state index in [1.165, 1.54) is 11.8 Å². The number of hydrogen-bond donors (Lipinski definition) is 4. The third-order valence-electron chi connectivity index (χ3n) is 10.5. The van der Waals surface area contributed by atoms with Crippen LogP contribution in [0.5, 0.6) is 0 Å². The number of aromatic nitrogens is 1. The maximum atomic E-state index is 15.3. The number of amides is 4. The summed E-state index contributed by atoms with van der Waals surface area (Å²) in [4.78, 5) is 67.2. The van der Waals surface area contributed by atoms with Gasteiger partial charge in [0.2, 0.25) is 17.7 Å². The van der Waals surface area contributed by atoms with Crippen LogP contribution in [0, 0.1) is 17.0 Å². The van der Waals surface area contributed by atoms with Gasteiger partial charge in [-0.25, -0.2) is 18.4 Å². The van der Waals surface area contributed by atoms with Gasteiger partial charge >= 0.3 is 12.1 Å². The fourth-order valence-corrected chi connectivity index (χ4v) is 9.91. The lowest BCUT2D eigenvalue weighted by molar-refractivity contribution is -0.147. The molecule has 0 aliphatic carbocycles. The van der Waals surface area contributed by atoms with Crippen molar-refractivity contribution < 1.29 is 42.6 Å². The van der Waals surface area contributed by atoms with Gasteiger partial charge in [-0.15, -0.1) is 0 Å². The Hall–Kier alpha value is -4.01. The molecule has 4 N–H and O–H groups in total. The predicted molar refractivity (Wildman–Crippen MR) is 261 cm³/mol. The number of nitrogens with zero attached hydrogens (tertiary/aromatic N) is 2. The molecule has 64 heavy (non-hydrogen) atoms. The summed E-state index contributed by atoms with van der Waals surface area (Å²) >= 11 is 4.31. The summed E-state index contributed by atoms with van der Waals surface area (Å²) in [5, 5.41) is 18.5. The molecule has 0 aliphatic rings. The molecule has 354 valence electrons. The van der Waals surface area contributed by atoms with Crippen molar-refractivity contribution in [2.24, 2.45) is 5.41 Å². The Bertz CT molecular complexity index is 2040. The molecule has 3 aromatic rings. The van der Waals surface area contributed by atoms with Gasteiger partial charge in [-0.3, -0.25) is 14.4 Å². The molecular weight excluding hydrogens is 941 g/mol. The summed E-state index contributed by atoms with van der Waals surface area (Å²) < 4.78 is 37.3. The van der Waals surface area contributed by atoms with E-state index in [2.05, 4.69) is 71.2 Å². The van der Waals surface area contributed by atoms with Crippen LogP contribution >= 0.6 is 27.7 Å². The minimum absolute atomic E-state index is 0.0180. The van der Waals surface area contributed by atoms with Gasteiger partial charge in [0.05, 0.1) is 30.3 Å². The van der Waals surface area contributed by atoms with E-state index in [4.69, 9.17) is 4.74 Å². The van der Waals surface area contributed by atoms with Crippen LogP contribution in [0.2, 0.25) is 51.4 Å². The second kappa shape index (κ2) is 24.5. The Balaban J connectivity index is 1.93. The first kappa shape index (κ1) is 54.3. The highest BCUT2D eigenvalue weighted by molar-refractivity contribution is 9.09. The van der Waals surface area contributed by atoms with Gasteiger partial charge < -0.3 is 35.3 Å². The average molecular weight is 1010 g/mol. The molecule has 0 radical (unpaired) electrons. The van der Waals surface area contributed by atoms with Crippen LogP contribution in [-0.4, -0.2) is 109 Å². The Morgan fingerprint density at radius 3 is 2.20 bits per heavy atom. The molecule has 2 atom stereocenters. The number of benzene rings is 2. The SMILES string of the molecule is CC(C)(C)[C@H](c1cc(-c2cc(F)ccc2F)cn1Cc1ccccc1)N(CCCNC(=O)OCC[Si](C)(C)C)C(=O)CSCCC(=O)N[C@](CC[Si](C)(C)C)(CNC(=O)CBr)C(=O)O. The third kappa shape index (κ3) is 18.1. The molecule has 18 heteroatoms. The molecular formula is C46H68BrF2N5O7SSi2. The van der Waals surface area contributed by atoms with Crippen molar-refractivity contribution in [3.05, 3.63) is 83.7 Å². The highest BCUT2D eigenvalue weighted by atomic mass is 79.9. The van der Waals surface area contributed by atoms with Gasteiger partial charge in [0.1, 0.15) is 11.6 Å². The molecule has 0 bridgehead atoms. The zero-order chi connectivity index (χ0) is 47.9. The highest BCUT2D eigenvalue weighted by Gasteiger charge is 2.41. The number of carboxylic acids is 1. The van der Waals surface area contributed by atoms with Crippen molar-refractivity contribution in [3.8, 4) is 11.1 Å². The minimum Gasteiger partial charge on any atom is -0.479 e. The average Bonchev–Trinajstić information content (AvgIpc) is 3.60. The first-order valence-corrected chi connectivity index (χ1v) is 31.4. The molecule has 12 nitrogen and oxygen atoms in total. The van der Waals surface area contributed by atoms with E-state index in [9.17, 15) is 33.5 Å². The smallest absolute Gasteiger partial charge is 0.407 e. The second-order valence-electron chi connectivity index (χ2n) is 19.7. The van der Waals surface area contributed by atoms with Crippen molar-refractivity contribution >= 4 is 73.6 Å². The lowest BCUT2D eigenvalue weighted by Gasteiger charge is -2.41. The van der Waals surface area contributed by atoms with Gasteiger partial charge in [0, 0.05) is 71.0 Å². The first-order valence-electron chi connectivity index (χ1n) is 21.7. The van der Waals surface area contributed by atoms with E-state index < -0.39 is 68.7 Å². The maximum absolute atomic E-state index is 15.3. The molecule has 0 saturated heterocycles. The van der Waals surface area contributed by atoms with Crippen LogP contribution in [0.4, 0.5) is 13.6 Å². The summed E-state index contributed by atoms with van der Waals surface area (Å²) in [6.07, 6.45) is 1.68. The predicted octanol–water partition coefficient (Wildman–Crippen LogP) is 9.15. The Kier molecular flexibility index (Phi) is 20.8. The zero-order valence-corrected chi connectivity index (χ0v) is 43.3. The van der Waals surface area contributed by atoms with Crippen LogP contribution < -0.4 is 16.0 Å². The minimum atomic E-state index is -1.75. The molecule has 0 saturated carbocycles. The van der Waals surface area contributed by atoms with E-state index in [0.29, 0.717) is 36.9 Å². The zero-order valence-electron chi connectivity index (χ0n) is 38.9. The van der Waals surface area contributed by atoms with Gasteiger partial charge in [0.15, 0.2) is 5.54 Å². The van der Waals surface area contributed by atoms with E-state index >= 15 is 4.39 Å². The summed E-state index contributed by atoms with van der Waals surface area (Å²) in [6.45, 7) is 19.8.